The zero-order valence-electron chi connectivity index (χ0n) is 16.1. The maximum atomic E-state index is 12.9. The zero-order chi connectivity index (χ0) is 21.7. The number of carbonyl (C=O) groups excluding carboxylic acids is 1. The van der Waals surface area contributed by atoms with Crippen molar-refractivity contribution >= 4 is 27.5 Å². The summed E-state index contributed by atoms with van der Waals surface area (Å²) in [7, 11) is -4.20. The van der Waals surface area contributed by atoms with Crippen LogP contribution in [0.25, 0.3) is 0 Å². The van der Waals surface area contributed by atoms with Gasteiger partial charge in [-0.15, -0.1) is 0 Å². The number of nitrogens with zero attached hydrogens (tertiary/aromatic N) is 1. The predicted octanol–water partition coefficient (Wildman–Crippen LogP) is 3.02. The molecule has 1 heterocycles. The Balaban J connectivity index is 1.85. The van der Waals surface area contributed by atoms with Crippen LogP contribution >= 0.6 is 11.6 Å². The summed E-state index contributed by atoms with van der Waals surface area (Å²) in [5.41, 5.74) is -1.23. The summed E-state index contributed by atoms with van der Waals surface area (Å²) < 4.78 is 65.3. The summed E-state index contributed by atoms with van der Waals surface area (Å²) >= 11 is 5.50. The third-order valence-electron chi connectivity index (χ3n) is 4.59. The van der Waals surface area contributed by atoms with Crippen LogP contribution in [0.2, 0.25) is 5.02 Å². The Morgan fingerprint density at radius 3 is 2.52 bits per heavy atom. The minimum atomic E-state index is -4.77. The first kappa shape index (κ1) is 23.9. The molecular weight excluding hydrogens is 431 g/mol. The molecule has 0 aliphatic carbocycles. The third kappa shape index (κ3) is 7.44. The van der Waals surface area contributed by atoms with Gasteiger partial charge in [0.05, 0.1) is 15.5 Å². The van der Waals surface area contributed by atoms with Crippen molar-refractivity contribution in [3.05, 3.63) is 28.8 Å². The Kier molecular flexibility index (Phi) is 8.33. The van der Waals surface area contributed by atoms with Crippen LogP contribution in [0.4, 0.5) is 13.2 Å². The first-order valence-electron chi connectivity index (χ1n) is 9.37. The summed E-state index contributed by atoms with van der Waals surface area (Å²) in [6, 6.07) is 2.27. The van der Waals surface area contributed by atoms with Crippen LogP contribution in [0.5, 0.6) is 0 Å². The second-order valence-electron chi connectivity index (χ2n) is 7.12. The molecule has 0 saturated carbocycles. The molecule has 1 amide bonds. The molecular formula is C18H25ClF3N3O3S. The SMILES string of the molecule is CC(CN1CCCCC1)NC(=O)CCNS(=O)(=O)c1ccc(Cl)c(C(F)(F)F)c1. The Morgan fingerprint density at radius 1 is 1.24 bits per heavy atom. The van der Waals surface area contributed by atoms with E-state index in [0.29, 0.717) is 6.07 Å². The van der Waals surface area contributed by atoms with Crippen molar-refractivity contribution in [3.8, 4) is 0 Å². The summed E-state index contributed by atoms with van der Waals surface area (Å²) in [5, 5.41) is 2.22. The van der Waals surface area contributed by atoms with Crippen LogP contribution in [-0.2, 0) is 21.0 Å². The fourth-order valence-corrected chi connectivity index (χ4v) is 4.48. The van der Waals surface area contributed by atoms with E-state index in [4.69, 9.17) is 11.6 Å². The molecule has 1 atom stereocenters. The number of rotatable bonds is 8. The average Bonchev–Trinajstić information content (AvgIpc) is 2.61. The van der Waals surface area contributed by atoms with Crippen LogP contribution in [0, 0.1) is 0 Å². The minimum Gasteiger partial charge on any atom is -0.352 e. The van der Waals surface area contributed by atoms with Crippen molar-refractivity contribution in [1.82, 2.24) is 14.9 Å². The molecule has 6 nitrogen and oxygen atoms in total. The molecule has 1 fully saturated rings. The fourth-order valence-electron chi connectivity index (χ4n) is 3.19. The van der Waals surface area contributed by atoms with E-state index in [1.807, 2.05) is 6.92 Å². The number of sulfonamides is 1. The van der Waals surface area contributed by atoms with Gasteiger partial charge in [-0.05, 0) is 51.1 Å². The number of hydrogen-bond donors (Lipinski definition) is 2. The van der Waals surface area contributed by atoms with Gasteiger partial charge in [0.2, 0.25) is 15.9 Å². The largest absolute Gasteiger partial charge is 0.417 e. The van der Waals surface area contributed by atoms with Crippen molar-refractivity contribution in [2.75, 3.05) is 26.2 Å². The van der Waals surface area contributed by atoms with Crippen LogP contribution in [0.15, 0.2) is 23.1 Å². The van der Waals surface area contributed by atoms with Gasteiger partial charge in [-0.2, -0.15) is 13.2 Å². The van der Waals surface area contributed by atoms with Crippen LogP contribution in [0.1, 0.15) is 38.2 Å². The van der Waals surface area contributed by atoms with Crippen LogP contribution in [0.3, 0.4) is 0 Å². The topological polar surface area (TPSA) is 78.5 Å². The average molecular weight is 456 g/mol. The quantitative estimate of drug-likeness (QED) is 0.631. The van der Waals surface area contributed by atoms with E-state index >= 15 is 0 Å². The molecule has 1 saturated heterocycles. The maximum Gasteiger partial charge on any atom is 0.417 e. The number of halogens is 4. The Labute approximate surface area is 173 Å². The first-order chi connectivity index (χ1) is 13.5. The third-order valence-corrected chi connectivity index (χ3v) is 6.37. The lowest BCUT2D eigenvalue weighted by Crippen LogP contribution is -2.44. The molecule has 1 aliphatic heterocycles. The number of alkyl halides is 3. The molecule has 0 radical (unpaired) electrons. The summed E-state index contributed by atoms with van der Waals surface area (Å²) in [4.78, 5) is 13.7. The highest BCUT2D eigenvalue weighted by Crippen LogP contribution is 2.35. The second kappa shape index (κ2) is 10.1. The van der Waals surface area contributed by atoms with Crippen molar-refractivity contribution < 1.29 is 26.4 Å². The number of piperidine rings is 1. The maximum absolute atomic E-state index is 12.9. The van der Waals surface area contributed by atoms with E-state index in [2.05, 4.69) is 14.9 Å². The van der Waals surface area contributed by atoms with E-state index in [-0.39, 0.29) is 24.9 Å². The van der Waals surface area contributed by atoms with Crippen LogP contribution < -0.4 is 10.0 Å². The van der Waals surface area contributed by atoms with E-state index in [9.17, 15) is 26.4 Å². The minimum absolute atomic E-state index is 0.0807. The molecule has 1 aliphatic rings. The Morgan fingerprint density at radius 2 is 1.90 bits per heavy atom. The van der Waals surface area contributed by atoms with E-state index in [0.717, 1.165) is 44.6 Å². The van der Waals surface area contributed by atoms with Crippen molar-refractivity contribution in [1.29, 1.82) is 0 Å². The van der Waals surface area contributed by atoms with Crippen molar-refractivity contribution in [2.24, 2.45) is 0 Å². The standard InChI is InChI=1S/C18H25ClF3N3O3S/c1-13(12-25-9-3-2-4-10-25)24-17(26)7-8-23-29(27,28)14-5-6-16(19)15(11-14)18(20,21)22/h5-6,11,13,23H,2-4,7-10,12H2,1H3,(H,24,26). The first-order valence-corrected chi connectivity index (χ1v) is 11.2. The summed E-state index contributed by atoms with van der Waals surface area (Å²) in [6.45, 7) is 4.38. The van der Waals surface area contributed by atoms with Gasteiger partial charge in [0.25, 0.3) is 0 Å². The smallest absolute Gasteiger partial charge is 0.352 e. The highest BCUT2D eigenvalue weighted by Gasteiger charge is 2.34. The lowest BCUT2D eigenvalue weighted by Gasteiger charge is -2.29. The lowest BCUT2D eigenvalue weighted by molar-refractivity contribution is -0.137. The molecule has 0 aromatic heterocycles. The molecule has 2 rings (SSSR count). The highest BCUT2D eigenvalue weighted by atomic mass is 35.5. The van der Waals surface area contributed by atoms with Gasteiger partial charge in [0, 0.05) is 25.6 Å². The Bertz CT molecular complexity index is 812. The summed E-state index contributed by atoms with van der Waals surface area (Å²) in [5.74, 6) is -0.329. The summed E-state index contributed by atoms with van der Waals surface area (Å²) in [6.07, 6.45) is -1.39. The van der Waals surface area contributed by atoms with Gasteiger partial charge < -0.3 is 10.2 Å². The molecule has 1 aromatic rings. The zero-order valence-corrected chi connectivity index (χ0v) is 17.6. The number of nitrogens with one attached hydrogen (secondary N) is 2. The highest BCUT2D eigenvalue weighted by molar-refractivity contribution is 7.89. The number of amides is 1. The number of benzene rings is 1. The molecule has 1 unspecified atom stereocenters. The normalized spacial score (nSPS) is 17.1. The van der Waals surface area contributed by atoms with Gasteiger partial charge in [-0.25, -0.2) is 13.1 Å². The molecule has 0 bridgehead atoms. The second-order valence-corrected chi connectivity index (χ2v) is 9.29. The van der Waals surface area contributed by atoms with Gasteiger partial charge in [0.15, 0.2) is 0 Å². The van der Waals surface area contributed by atoms with Crippen molar-refractivity contribution in [3.63, 3.8) is 0 Å². The van der Waals surface area contributed by atoms with E-state index < -0.39 is 31.7 Å². The van der Waals surface area contributed by atoms with E-state index in [1.165, 1.54) is 6.42 Å². The predicted molar refractivity (Wildman–Crippen MR) is 104 cm³/mol. The molecule has 2 N–H and O–H groups in total. The van der Waals surface area contributed by atoms with Gasteiger partial charge >= 0.3 is 6.18 Å². The Hall–Kier alpha value is -1.36. The number of hydrogen-bond acceptors (Lipinski definition) is 4. The van der Waals surface area contributed by atoms with Gasteiger partial charge in [-0.3, -0.25) is 4.79 Å². The molecule has 164 valence electrons. The monoisotopic (exact) mass is 455 g/mol. The number of likely N-dealkylation sites (tertiary alicyclic amines) is 1. The molecule has 29 heavy (non-hydrogen) atoms. The lowest BCUT2D eigenvalue weighted by atomic mass is 10.1. The molecule has 1 aromatic carbocycles. The molecule has 11 heteroatoms. The van der Waals surface area contributed by atoms with E-state index in [1.54, 1.807) is 0 Å². The van der Waals surface area contributed by atoms with Crippen molar-refractivity contribution in [2.45, 2.75) is 49.7 Å². The van der Waals surface area contributed by atoms with Gasteiger partial charge in [-0.1, -0.05) is 18.0 Å². The molecule has 0 spiro atoms. The van der Waals surface area contributed by atoms with Gasteiger partial charge in [0.1, 0.15) is 0 Å². The fraction of sp³-hybridized carbons (Fsp3) is 0.611. The van der Waals surface area contributed by atoms with Crippen LogP contribution in [-0.4, -0.2) is 51.4 Å². The number of carbonyl (C=O) groups is 1.